The maximum Gasteiger partial charge on any atom is 0.247 e. The quantitative estimate of drug-likeness (QED) is 0.617. The topological polar surface area (TPSA) is 69.3 Å². The van der Waals surface area contributed by atoms with Gasteiger partial charge in [-0.25, -0.2) is 4.98 Å². The highest BCUT2D eigenvalue weighted by atomic mass is 16.5. The van der Waals surface area contributed by atoms with Gasteiger partial charge < -0.3 is 19.2 Å². The molecular formula is C18H15N3O3. The number of methoxy groups -OCH3 is 2. The third kappa shape index (κ3) is 2.28. The monoisotopic (exact) mass is 321 g/mol. The Hall–Kier alpha value is -3.28. The highest BCUT2D eigenvalue weighted by molar-refractivity contribution is 6.07. The van der Waals surface area contributed by atoms with Crippen LogP contribution < -0.4 is 14.2 Å². The summed E-state index contributed by atoms with van der Waals surface area (Å²) in [7, 11) is 3.22. The molecule has 2 aromatic heterocycles. The van der Waals surface area contributed by atoms with Crippen molar-refractivity contribution >= 4 is 21.9 Å². The van der Waals surface area contributed by atoms with Crippen LogP contribution in [0.5, 0.6) is 23.1 Å². The van der Waals surface area contributed by atoms with E-state index < -0.39 is 0 Å². The van der Waals surface area contributed by atoms with E-state index in [4.69, 9.17) is 14.2 Å². The number of nitrogens with one attached hydrogen (secondary N) is 1. The summed E-state index contributed by atoms with van der Waals surface area (Å²) in [5, 5.41) is 0.919. The predicted octanol–water partition coefficient (Wildman–Crippen LogP) is 3.92. The average molecular weight is 321 g/mol. The van der Waals surface area contributed by atoms with Crippen molar-refractivity contribution in [2.45, 2.75) is 0 Å². The van der Waals surface area contributed by atoms with Crippen LogP contribution in [-0.2, 0) is 0 Å². The van der Waals surface area contributed by atoms with Gasteiger partial charge in [0.25, 0.3) is 0 Å². The maximum atomic E-state index is 5.89. The van der Waals surface area contributed by atoms with Crippen LogP contribution in [0.2, 0.25) is 0 Å². The highest BCUT2D eigenvalue weighted by Gasteiger charge is 2.15. The van der Waals surface area contributed by atoms with Crippen molar-refractivity contribution in [2.24, 2.45) is 0 Å². The van der Waals surface area contributed by atoms with E-state index in [-0.39, 0.29) is 0 Å². The van der Waals surface area contributed by atoms with Gasteiger partial charge in [0.05, 0.1) is 19.7 Å². The summed E-state index contributed by atoms with van der Waals surface area (Å²) in [5.41, 5.74) is 2.37. The van der Waals surface area contributed by atoms with Crippen LogP contribution in [0.15, 0.2) is 48.8 Å². The van der Waals surface area contributed by atoms with E-state index in [1.807, 2.05) is 42.5 Å². The molecule has 0 saturated carbocycles. The van der Waals surface area contributed by atoms with Gasteiger partial charge in [-0.15, -0.1) is 0 Å². The molecule has 0 aliphatic carbocycles. The van der Waals surface area contributed by atoms with Gasteiger partial charge in [0.1, 0.15) is 23.1 Å². The van der Waals surface area contributed by atoms with Crippen LogP contribution in [0.3, 0.4) is 0 Å². The molecular weight excluding hydrogens is 306 g/mol. The number of H-pyrrole nitrogens is 1. The van der Waals surface area contributed by atoms with Gasteiger partial charge in [-0.2, -0.15) is 4.98 Å². The fraction of sp³-hybridized carbons (Fsp3) is 0.111. The lowest BCUT2D eigenvalue weighted by Gasteiger charge is -2.06. The molecule has 0 fully saturated rings. The minimum Gasteiger partial charge on any atom is -0.493 e. The van der Waals surface area contributed by atoms with E-state index in [1.54, 1.807) is 14.2 Å². The molecule has 0 saturated heterocycles. The molecule has 0 atom stereocenters. The number of para-hydroxylation sites is 1. The zero-order valence-electron chi connectivity index (χ0n) is 13.2. The van der Waals surface area contributed by atoms with Gasteiger partial charge in [-0.3, -0.25) is 0 Å². The Morgan fingerprint density at radius 1 is 0.917 bits per heavy atom. The minimum atomic E-state index is 0.473. The van der Waals surface area contributed by atoms with Crippen LogP contribution in [-0.4, -0.2) is 29.2 Å². The number of ether oxygens (including phenoxy) is 3. The number of nitrogens with zero attached hydrogens (tertiary/aromatic N) is 2. The fourth-order valence-electron chi connectivity index (χ4n) is 2.68. The van der Waals surface area contributed by atoms with Crippen LogP contribution in [0.1, 0.15) is 0 Å². The van der Waals surface area contributed by atoms with E-state index in [0.29, 0.717) is 23.1 Å². The Balaban J connectivity index is 1.91. The van der Waals surface area contributed by atoms with Gasteiger partial charge in [0.15, 0.2) is 11.5 Å². The third-order valence-electron chi connectivity index (χ3n) is 3.81. The SMILES string of the molecule is COc1cc2[nH]c3c(Oc4ccccc4)ncnc3c2cc1OC. The molecule has 0 bridgehead atoms. The van der Waals surface area contributed by atoms with E-state index in [1.165, 1.54) is 6.33 Å². The summed E-state index contributed by atoms with van der Waals surface area (Å²) >= 11 is 0. The average Bonchev–Trinajstić information content (AvgIpc) is 3.00. The third-order valence-corrected chi connectivity index (χ3v) is 3.81. The molecule has 24 heavy (non-hydrogen) atoms. The Bertz CT molecular complexity index is 1010. The second-order valence-corrected chi connectivity index (χ2v) is 5.20. The second kappa shape index (κ2) is 5.73. The van der Waals surface area contributed by atoms with Gasteiger partial charge in [-0.05, 0) is 18.2 Å². The summed E-state index contributed by atoms with van der Waals surface area (Å²) in [6, 6.07) is 13.3. The first-order valence-electron chi connectivity index (χ1n) is 7.41. The van der Waals surface area contributed by atoms with Gasteiger partial charge in [-0.1, -0.05) is 18.2 Å². The Morgan fingerprint density at radius 2 is 1.67 bits per heavy atom. The predicted molar refractivity (Wildman–Crippen MR) is 91.0 cm³/mol. The Morgan fingerprint density at radius 3 is 2.42 bits per heavy atom. The highest BCUT2D eigenvalue weighted by Crippen LogP contribution is 2.37. The van der Waals surface area contributed by atoms with Crippen LogP contribution in [0.25, 0.3) is 21.9 Å². The molecule has 0 spiro atoms. The molecule has 0 aliphatic heterocycles. The fourth-order valence-corrected chi connectivity index (χ4v) is 2.68. The second-order valence-electron chi connectivity index (χ2n) is 5.20. The van der Waals surface area contributed by atoms with Crippen LogP contribution >= 0.6 is 0 Å². The van der Waals surface area contributed by atoms with E-state index in [9.17, 15) is 0 Å². The van der Waals surface area contributed by atoms with Crippen molar-refractivity contribution < 1.29 is 14.2 Å². The lowest BCUT2D eigenvalue weighted by molar-refractivity contribution is 0.356. The van der Waals surface area contributed by atoms with E-state index in [2.05, 4.69) is 15.0 Å². The van der Waals surface area contributed by atoms with E-state index >= 15 is 0 Å². The minimum absolute atomic E-state index is 0.473. The summed E-state index contributed by atoms with van der Waals surface area (Å²) < 4.78 is 16.6. The lowest BCUT2D eigenvalue weighted by atomic mass is 10.2. The Labute approximate surface area is 138 Å². The molecule has 0 amide bonds. The number of aromatic nitrogens is 3. The Kier molecular flexibility index (Phi) is 3.42. The van der Waals surface area contributed by atoms with E-state index in [0.717, 1.165) is 21.9 Å². The molecule has 6 heteroatoms. The normalized spacial score (nSPS) is 10.9. The zero-order valence-corrected chi connectivity index (χ0v) is 13.2. The molecule has 1 N–H and O–H groups in total. The molecule has 4 rings (SSSR count). The number of benzene rings is 2. The van der Waals surface area contributed by atoms with Crippen LogP contribution in [0, 0.1) is 0 Å². The first-order valence-corrected chi connectivity index (χ1v) is 7.41. The first-order chi connectivity index (χ1) is 11.8. The van der Waals surface area contributed by atoms with Crippen molar-refractivity contribution in [3.8, 4) is 23.1 Å². The molecule has 2 heterocycles. The standard InChI is InChI=1S/C18H15N3O3/c1-22-14-8-12-13(9-15(14)23-2)21-17-16(12)19-10-20-18(17)24-11-6-4-3-5-7-11/h3-10,21H,1-2H3. The van der Waals surface area contributed by atoms with Gasteiger partial charge in [0, 0.05) is 11.5 Å². The van der Waals surface area contributed by atoms with Crippen molar-refractivity contribution in [3.05, 3.63) is 48.8 Å². The molecule has 2 aromatic carbocycles. The van der Waals surface area contributed by atoms with Crippen molar-refractivity contribution in [1.82, 2.24) is 15.0 Å². The van der Waals surface area contributed by atoms with Crippen molar-refractivity contribution in [3.63, 3.8) is 0 Å². The summed E-state index contributed by atoms with van der Waals surface area (Å²) in [6.07, 6.45) is 1.49. The summed E-state index contributed by atoms with van der Waals surface area (Å²) in [4.78, 5) is 11.9. The molecule has 0 unspecified atom stereocenters. The van der Waals surface area contributed by atoms with Crippen molar-refractivity contribution in [2.75, 3.05) is 14.2 Å². The maximum absolute atomic E-state index is 5.89. The largest absolute Gasteiger partial charge is 0.493 e. The lowest BCUT2D eigenvalue weighted by Crippen LogP contribution is -1.90. The molecule has 0 aliphatic rings. The zero-order chi connectivity index (χ0) is 16.5. The molecule has 120 valence electrons. The van der Waals surface area contributed by atoms with Crippen molar-refractivity contribution in [1.29, 1.82) is 0 Å². The molecule has 4 aromatic rings. The number of aromatic amines is 1. The number of hydrogen-bond donors (Lipinski definition) is 1. The van der Waals surface area contributed by atoms with Gasteiger partial charge in [0.2, 0.25) is 5.88 Å². The van der Waals surface area contributed by atoms with Crippen LogP contribution in [0.4, 0.5) is 0 Å². The first kappa shape index (κ1) is 14.3. The number of rotatable bonds is 4. The molecule has 0 radical (unpaired) electrons. The van der Waals surface area contributed by atoms with Gasteiger partial charge >= 0.3 is 0 Å². The summed E-state index contributed by atoms with van der Waals surface area (Å²) in [5.74, 6) is 2.48. The molecule has 6 nitrogen and oxygen atoms in total. The number of fused-ring (bicyclic) bond motifs is 3. The summed E-state index contributed by atoms with van der Waals surface area (Å²) in [6.45, 7) is 0. The number of hydrogen-bond acceptors (Lipinski definition) is 5. The smallest absolute Gasteiger partial charge is 0.247 e.